The lowest BCUT2D eigenvalue weighted by Crippen LogP contribution is -2.42. The highest BCUT2D eigenvalue weighted by Gasteiger charge is 2.32. The second kappa shape index (κ2) is 3.04. The van der Waals surface area contributed by atoms with Crippen LogP contribution >= 0.6 is 0 Å². The first kappa shape index (κ1) is 11.2. The molecule has 0 aromatic rings. The maximum absolute atomic E-state index is 4.14. The molecule has 0 atom stereocenters. The first-order valence-corrected chi connectivity index (χ1v) is 5.10. The van der Waals surface area contributed by atoms with Crippen molar-refractivity contribution in [1.29, 1.82) is 0 Å². The molecule has 0 aliphatic carbocycles. The molecule has 0 bridgehead atoms. The molecule has 0 spiro atoms. The van der Waals surface area contributed by atoms with Gasteiger partial charge in [0.1, 0.15) is 5.82 Å². The van der Waals surface area contributed by atoms with Crippen LogP contribution < -0.4 is 0 Å². The molecule has 1 rings (SSSR count). The Hall–Kier alpha value is -0.920. The van der Waals surface area contributed by atoms with Crippen molar-refractivity contribution in [2.75, 3.05) is 0 Å². The summed E-state index contributed by atoms with van der Waals surface area (Å²) < 4.78 is 0. The molecule has 2 heteroatoms. The van der Waals surface area contributed by atoms with Crippen LogP contribution in [0.5, 0.6) is 0 Å². The molecule has 0 amide bonds. The van der Waals surface area contributed by atoms with E-state index in [1.807, 2.05) is 0 Å². The van der Waals surface area contributed by atoms with Crippen LogP contribution in [0.4, 0.5) is 0 Å². The van der Waals surface area contributed by atoms with Gasteiger partial charge in [-0.3, -0.25) is 0 Å². The van der Waals surface area contributed by atoms with Crippen molar-refractivity contribution in [3.8, 4) is 0 Å². The third-order valence-corrected chi connectivity index (χ3v) is 2.37. The predicted octanol–water partition coefficient (Wildman–Crippen LogP) is 3.14. The summed E-state index contributed by atoms with van der Waals surface area (Å²) in [5.41, 5.74) is 0.209. The van der Waals surface area contributed by atoms with Gasteiger partial charge in [0.2, 0.25) is 0 Å². The monoisotopic (exact) mass is 194 g/mol. The first-order chi connectivity index (χ1) is 6.14. The van der Waals surface area contributed by atoms with E-state index in [0.29, 0.717) is 0 Å². The number of hydrogen-bond donors (Lipinski definition) is 0. The van der Waals surface area contributed by atoms with Crippen LogP contribution in [0.25, 0.3) is 0 Å². The van der Waals surface area contributed by atoms with E-state index in [-0.39, 0.29) is 11.1 Å². The van der Waals surface area contributed by atoms with E-state index in [4.69, 9.17) is 0 Å². The summed E-state index contributed by atoms with van der Waals surface area (Å²) in [7, 11) is 0. The van der Waals surface area contributed by atoms with E-state index in [0.717, 1.165) is 5.82 Å². The van der Waals surface area contributed by atoms with Crippen LogP contribution in [0.3, 0.4) is 0 Å². The SMILES string of the molecule is C=C1N(C(C)(C)C)C=CN1C(C)(C)C. The third kappa shape index (κ3) is 1.94. The van der Waals surface area contributed by atoms with Gasteiger partial charge < -0.3 is 9.80 Å². The molecule has 0 aromatic carbocycles. The molecular formula is C12H22N2. The van der Waals surface area contributed by atoms with Gasteiger partial charge >= 0.3 is 0 Å². The minimum absolute atomic E-state index is 0.105. The zero-order valence-electron chi connectivity index (χ0n) is 10.3. The fourth-order valence-electron chi connectivity index (χ4n) is 1.64. The van der Waals surface area contributed by atoms with Crippen molar-refractivity contribution in [2.45, 2.75) is 52.6 Å². The molecule has 2 nitrogen and oxygen atoms in total. The van der Waals surface area contributed by atoms with Crippen LogP contribution in [0, 0.1) is 0 Å². The predicted molar refractivity (Wildman–Crippen MR) is 61.5 cm³/mol. The number of rotatable bonds is 0. The molecule has 0 saturated carbocycles. The molecular weight excluding hydrogens is 172 g/mol. The Bertz CT molecular complexity index is 237. The normalized spacial score (nSPS) is 18.3. The highest BCUT2D eigenvalue weighted by atomic mass is 15.4. The summed E-state index contributed by atoms with van der Waals surface area (Å²) in [5, 5.41) is 0. The Labute approximate surface area is 87.9 Å². The molecule has 1 aliphatic rings. The van der Waals surface area contributed by atoms with Crippen molar-refractivity contribution in [3.05, 3.63) is 24.8 Å². The van der Waals surface area contributed by atoms with Gasteiger partial charge in [0, 0.05) is 23.5 Å². The molecule has 0 aromatic heterocycles. The zero-order chi connectivity index (χ0) is 11.1. The molecule has 80 valence electrons. The van der Waals surface area contributed by atoms with Crippen LogP contribution in [-0.2, 0) is 0 Å². The summed E-state index contributed by atoms with van der Waals surface area (Å²) in [4.78, 5) is 4.41. The smallest absolute Gasteiger partial charge is 0.106 e. The van der Waals surface area contributed by atoms with Crippen molar-refractivity contribution in [3.63, 3.8) is 0 Å². The summed E-state index contributed by atoms with van der Waals surface area (Å²) >= 11 is 0. The van der Waals surface area contributed by atoms with Crippen molar-refractivity contribution < 1.29 is 0 Å². The van der Waals surface area contributed by atoms with E-state index >= 15 is 0 Å². The largest absolute Gasteiger partial charge is 0.328 e. The summed E-state index contributed by atoms with van der Waals surface area (Å²) in [6.45, 7) is 17.3. The molecule has 0 saturated heterocycles. The lowest BCUT2D eigenvalue weighted by Gasteiger charge is -2.39. The second-order valence-corrected chi connectivity index (χ2v) is 5.80. The molecule has 0 radical (unpaired) electrons. The fourth-order valence-corrected chi connectivity index (χ4v) is 1.64. The molecule has 1 aliphatic heterocycles. The minimum Gasteiger partial charge on any atom is -0.328 e. The van der Waals surface area contributed by atoms with Gasteiger partial charge in [0.15, 0.2) is 0 Å². The quantitative estimate of drug-likeness (QED) is 0.584. The van der Waals surface area contributed by atoms with E-state index in [2.05, 4.69) is 70.3 Å². The topological polar surface area (TPSA) is 6.48 Å². The summed E-state index contributed by atoms with van der Waals surface area (Å²) in [6, 6.07) is 0. The van der Waals surface area contributed by atoms with Crippen molar-refractivity contribution in [1.82, 2.24) is 9.80 Å². The van der Waals surface area contributed by atoms with Gasteiger partial charge in [0.05, 0.1) is 0 Å². The number of nitrogens with zero attached hydrogens (tertiary/aromatic N) is 2. The molecule has 1 heterocycles. The second-order valence-electron chi connectivity index (χ2n) is 5.80. The maximum Gasteiger partial charge on any atom is 0.106 e. The fraction of sp³-hybridized carbons (Fsp3) is 0.667. The van der Waals surface area contributed by atoms with Crippen molar-refractivity contribution in [2.24, 2.45) is 0 Å². The van der Waals surface area contributed by atoms with E-state index < -0.39 is 0 Å². The molecule has 0 unspecified atom stereocenters. The van der Waals surface area contributed by atoms with Gasteiger partial charge in [0.25, 0.3) is 0 Å². The summed E-state index contributed by atoms with van der Waals surface area (Å²) in [6.07, 6.45) is 4.21. The van der Waals surface area contributed by atoms with Crippen molar-refractivity contribution >= 4 is 0 Å². The summed E-state index contributed by atoms with van der Waals surface area (Å²) in [5.74, 6) is 1.06. The Morgan fingerprint density at radius 2 is 1.14 bits per heavy atom. The number of hydrogen-bond acceptors (Lipinski definition) is 2. The molecule has 14 heavy (non-hydrogen) atoms. The van der Waals surface area contributed by atoms with Crippen LogP contribution in [-0.4, -0.2) is 20.9 Å². The average molecular weight is 194 g/mol. The minimum atomic E-state index is 0.105. The van der Waals surface area contributed by atoms with Crippen LogP contribution in [0.15, 0.2) is 24.8 Å². The molecule has 0 N–H and O–H groups in total. The Balaban J connectivity index is 2.87. The van der Waals surface area contributed by atoms with E-state index in [1.165, 1.54) is 0 Å². The van der Waals surface area contributed by atoms with Gasteiger partial charge in [-0.25, -0.2) is 0 Å². The standard InChI is InChI=1S/C12H22N2/c1-10-13(11(2,3)4)8-9-14(10)12(5,6)7/h8-9H,1H2,2-7H3. The molecule has 0 fully saturated rings. The van der Waals surface area contributed by atoms with E-state index in [1.54, 1.807) is 0 Å². The van der Waals surface area contributed by atoms with Crippen LogP contribution in [0.1, 0.15) is 41.5 Å². The van der Waals surface area contributed by atoms with Gasteiger partial charge in [-0.15, -0.1) is 0 Å². The first-order valence-electron chi connectivity index (χ1n) is 5.10. The highest BCUT2D eigenvalue weighted by Crippen LogP contribution is 2.31. The zero-order valence-corrected chi connectivity index (χ0v) is 10.3. The Morgan fingerprint density at radius 1 is 0.857 bits per heavy atom. The lowest BCUT2D eigenvalue weighted by atomic mass is 10.1. The Morgan fingerprint density at radius 3 is 1.29 bits per heavy atom. The van der Waals surface area contributed by atoms with E-state index in [9.17, 15) is 0 Å². The highest BCUT2D eigenvalue weighted by molar-refractivity contribution is 5.17. The van der Waals surface area contributed by atoms with Gasteiger partial charge in [-0.05, 0) is 41.5 Å². The average Bonchev–Trinajstić information content (AvgIpc) is 2.26. The third-order valence-electron chi connectivity index (χ3n) is 2.37. The maximum atomic E-state index is 4.14. The van der Waals surface area contributed by atoms with Gasteiger partial charge in [-0.2, -0.15) is 0 Å². The van der Waals surface area contributed by atoms with Crippen LogP contribution in [0.2, 0.25) is 0 Å². The lowest BCUT2D eigenvalue weighted by molar-refractivity contribution is 0.177. The Kier molecular flexibility index (Phi) is 2.42. The van der Waals surface area contributed by atoms with Gasteiger partial charge in [-0.1, -0.05) is 6.58 Å².